The van der Waals surface area contributed by atoms with Crippen LogP contribution in [0.5, 0.6) is 0 Å². The van der Waals surface area contributed by atoms with Crippen molar-refractivity contribution in [3.8, 4) is 12.3 Å². The van der Waals surface area contributed by atoms with Crippen LogP contribution in [0.15, 0.2) is 23.8 Å². The lowest BCUT2D eigenvalue weighted by Gasteiger charge is -2.06. The van der Waals surface area contributed by atoms with Crippen LogP contribution in [0.1, 0.15) is 13.8 Å². The van der Waals surface area contributed by atoms with E-state index >= 15 is 0 Å². The van der Waals surface area contributed by atoms with Gasteiger partial charge in [-0.25, -0.2) is 0 Å². The molecule has 0 aliphatic carbocycles. The SMILES string of the molecule is C#CCOP(=O)(C=CC)C=CC. The fourth-order valence-electron chi connectivity index (χ4n) is 0.689. The van der Waals surface area contributed by atoms with E-state index in [9.17, 15) is 4.57 Å². The van der Waals surface area contributed by atoms with Crippen LogP contribution in [0.3, 0.4) is 0 Å². The van der Waals surface area contributed by atoms with Crippen molar-refractivity contribution in [2.24, 2.45) is 0 Å². The summed E-state index contributed by atoms with van der Waals surface area (Å²) in [7, 11) is -2.74. The van der Waals surface area contributed by atoms with E-state index in [1.165, 1.54) is 11.6 Å². The van der Waals surface area contributed by atoms with Crippen molar-refractivity contribution in [1.29, 1.82) is 0 Å². The third-order valence-electron chi connectivity index (χ3n) is 1.06. The first-order valence-corrected chi connectivity index (χ1v) is 5.40. The zero-order valence-electron chi connectivity index (χ0n) is 7.36. The highest BCUT2D eigenvalue weighted by molar-refractivity contribution is 7.65. The molecule has 0 aromatic heterocycles. The van der Waals surface area contributed by atoms with E-state index in [4.69, 9.17) is 10.9 Å². The second kappa shape index (κ2) is 5.83. The van der Waals surface area contributed by atoms with E-state index in [1.54, 1.807) is 26.0 Å². The molecule has 0 heterocycles. The molecular formula is C9H13O2P. The van der Waals surface area contributed by atoms with Crippen molar-refractivity contribution in [3.05, 3.63) is 23.8 Å². The molecule has 0 saturated heterocycles. The van der Waals surface area contributed by atoms with E-state index in [1.807, 2.05) is 0 Å². The Morgan fingerprint density at radius 3 is 2.25 bits per heavy atom. The quantitative estimate of drug-likeness (QED) is 0.496. The van der Waals surface area contributed by atoms with Gasteiger partial charge in [0.15, 0.2) is 0 Å². The zero-order valence-corrected chi connectivity index (χ0v) is 8.25. The number of hydrogen-bond acceptors (Lipinski definition) is 2. The molecule has 0 rings (SSSR count). The maximum absolute atomic E-state index is 11.7. The topological polar surface area (TPSA) is 26.3 Å². The van der Waals surface area contributed by atoms with Crippen molar-refractivity contribution in [2.75, 3.05) is 6.61 Å². The highest BCUT2D eigenvalue weighted by Crippen LogP contribution is 2.49. The summed E-state index contributed by atoms with van der Waals surface area (Å²) < 4.78 is 16.7. The first-order chi connectivity index (χ1) is 5.68. The molecule has 0 fully saturated rings. The lowest BCUT2D eigenvalue weighted by atomic mass is 10.8. The van der Waals surface area contributed by atoms with E-state index in [0.29, 0.717) is 0 Å². The van der Waals surface area contributed by atoms with E-state index in [-0.39, 0.29) is 6.61 Å². The molecule has 3 heteroatoms. The van der Waals surface area contributed by atoms with Gasteiger partial charge in [-0.15, -0.1) is 6.42 Å². The van der Waals surface area contributed by atoms with Gasteiger partial charge in [0.05, 0.1) is 0 Å². The minimum Gasteiger partial charge on any atom is -0.310 e. The molecule has 0 bridgehead atoms. The van der Waals surface area contributed by atoms with Crippen LogP contribution in [-0.4, -0.2) is 6.61 Å². The van der Waals surface area contributed by atoms with Gasteiger partial charge < -0.3 is 4.52 Å². The fraction of sp³-hybridized carbons (Fsp3) is 0.333. The molecule has 12 heavy (non-hydrogen) atoms. The second-order valence-electron chi connectivity index (χ2n) is 2.09. The maximum Gasteiger partial charge on any atom is 0.247 e. The number of allylic oxidation sites excluding steroid dienone is 2. The van der Waals surface area contributed by atoms with Gasteiger partial charge in [0, 0.05) is 11.6 Å². The summed E-state index contributed by atoms with van der Waals surface area (Å²) in [4.78, 5) is 0. The standard InChI is InChI=1S/C9H13O2P/c1-4-7-11-12(10,8-5-2)9-6-3/h1,5-6,8-9H,7H2,2-3H3. The van der Waals surface area contributed by atoms with Crippen LogP contribution in [0, 0.1) is 12.3 Å². The van der Waals surface area contributed by atoms with Crippen LogP contribution < -0.4 is 0 Å². The summed E-state index contributed by atoms with van der Waals surface area (Å²) in [6.07, 6.45) is 8.37. The zero-order chi connectivity index (χ0) is 9.45. The van der Waals surface area contributed by atoms with Crippen molar-refractivity contribution in [2.45, 2.75) is 13.8 Å². The second-order valence-corrected chi connectivity index (χ2v) is 4.23. The third kappa shape index (κ3) is 4.18. The van der Waals surface area contributed by atoms with E-state index in [0.717, 1.165) is 0 Å². The Morgan fingerprint density at radius 1 is 1.42 bits per heavy atom. The minimum absolute atomic E-state index is 0.0754. The lowest BCUT2D eigenvalue weighted by molar-refractivity contribution is 0.373. The van der Waals surface area contributed by atoms with Crippen LogP contribution in [-0.2, 0) is 9.09 Å². The van der Waals surface area contributed by atoms with E-state index in [2.05, 4.69) is 5.92 Å². The molecule has 0 aliphatic rings. The molecule has 0 unspecified atom stereocenters. The summed E-state index contributed by atoms with van der Waals surface area (Å²) in [6.45, 7) is 3.65. The van der Waals surface area contributed by atoms with Crippen LogP contribution in [0.2, 0.25) is 0 Å². The number of rotatable bonds is 4. The molecule has 0 aliphatic heterocycles. The molecule has 0 aromatic rings. The Hall–Kier alpha value is -0.770. The van der Waals surface area contributed by atoms with Gasteiger partial charge in [0.2, 0.25) is 7.37 Å². The van der Waals surface area contributed by atoms with Crippen molar-refractivity contribution in [1.82, 2.24) is 0 Å². The Labute approximate surface area is 73.8 Å². The number of terminal acetylenes is 1. The highest BCUT2D eigenvalue weighted by atomic mass is 31.2. The van der Waals surface area contributed by atoms with Crippen molar-refractivity contribution < 1.29 is 9.09 Å². The number of hydrogen-bond donors (Lipinski definition) is 0. The van der Waals surface area contributed by atoms with Gasteiger partial charge in [-0.05, 0) is 13.8 Å². The summed E-state index contributed by atoms with van der Waals surface area (Å²) in [5.74, 6) is 5.34. The molecule has 2 nitrogen and oxygen atoms in total. The van der Waals surface area contributed by atoms with Crippen LogP contribution >= 0.6 is 7.37 Å². The summed E-state index contributed by atoms with van der Waals surface area (Å²) in [6, 6.07) is 0. The summed E-state index contributed by atoms with van der Waals surface area (Å²) in [5.41, 5.74) is 0. The Kier molecular flexibility index (Phi) is 5.45. The van der Waals surface area contributed by atoms with Gasteiger partial charge in [0.25, 0.3) is 0 Å². The Morgan fingerprint density at radius 2 is 1.92 bits per heavy atom. The maximum atomic E-state index is 11.7. The minimum atomic E-state index is -2.74. The van der Waals surface area contributed by atoms with Gasteiger partial charge in [-0.2, -0.15) is 0 Å². The molecule has 0 spiro atoms. The van der Waals surface area contributed by atoms with E-state index < -0.39 is 7.37 Å². The largest absolute Gasteiger partial charge is 0.310 e. The molecule has 0 N–H and O–H groups in total. The molecule has 0 radical (unpaired) electrons. The fourth-order valence-corrected chi connectivity index (χ4v) is 2.07. The third-order valence-corrected chi connectivity index (χ3v) is 3.02. The normalized spacial score (nSPS) is 16.4. The predicted octanol–water partition coefficient (Wildman–Crippen LogP) is 2.98. The van der Waals surface area contributed by atoms with Gasteiger partial charge in [-0.1, -0.05) is 18.1 Å². The first kappa shape index (κ1) is 11.2. The van der Waals surface area contributed by atoms with Gasteiger partial charge in [-0.3, -0.25) is 4.57 Å². The summed E-state index contributed by atoms with van der Waals surface area (Å²) in [5, 5.41) is 0. The van der Waals surface area contributed by atoms with Gasteiger partial charge in [0.1, 0.15) is 6.61 Å². The van der Waals surface area contributed by atoms with Crippen molar-refractivity contribution in [3.63, 3.8) is 0 Å². The molecule has 0 saturated carbocycles. The van der Waals surface area contributed by atoms with Crippen LogP contribution in [0.25, 0.3) is 0 Å². The molecule has 0 atom stereocenters. The molecule has 66 valence electrons. The van der Waals surface area contributed by atoms with Crippen molar-refractivity contribution >= 4 is 7.37 Å². The predicted molar refractivity (Wildman–Crippen MR) is 52.0 cm³/mol. The average molecular weight is 184 g/mol. The first-order valence-electron chi connectivity index (χ1n) is 3.63. The monoisotopic (exact) mass is 184 g/mol. The highest BCUT2D eigenvalue weighted by Gasteiger charge is 2.12. The lowest BCUT2D eigenvalue weighted by Crippen LogP contribution is -1.85. The molecular weight excluding hydrogens is 171 g/mol. The Bertz CT molecular complexity index is 242. The average Bonchev–Trinajstić information content (AvgIpc) is 2.02. The molecule has 0 aromatic carbocycles. The summed E-state index contributed by atoms with van der Waals surface area (Å²) >= 11 is 0. The Balaban J connectivity index is 4.42. The van der Waals surface area contributed by atoms with Crippen LogP contribution in [0.4, 0.5) is 0 Å². The molecule has 0 amide bonds. The van der Waals surface area contributed by atoms with Gasteiger partial charge >= 0.3 is 0 Å². The smallest absolute Gasteiger partial charge is 0.247 e.